The number of aromatic nitrogens is 2. The molecule has 4 rings (SSSR count). The van der Waals surface area contributed by atoms with Gasteiger partial charge in [0.05, 0.1) is 12.1 Å². The molecule has 1 heterocycles. The van der Waals surface area contributed by atoms with Crippen LogP contribution in [0.5, 0.6) is 0 Å². The maximum absolute atomic E-state index is 14.3. The van der Waals surface area contributed by atoms with Crippen molar-refractivity contribution in [3.05, 3.63) is 88.3 Å². The van der Waals surface area contributed by atoms with Gasteiger partial charge in [-0.15, -0.1) is 0 Å². The number of aryl methyl sites for hydroxylation is 3. The van der Waals surface area contributed by atoms with Crippen molar-refractivity contribution in [3.8, 4) is 0 Å². The van der Waals surface area contributed by atoms with Crippen LogP contribution in [-0.2, 0) is 13.1 Å². The largest absolute Gasteiger partial charge is 0.331 e. The summed E-state index contributed by atoms with van der Waals surface area (Å²) in [5.41, 5.74) is 5.16. The summed E-state index contributed by atoms with van der Waals surface area (Å²) >= 11 is 0. The zero-order valence-corrected chi connectivity index (χ0v) is 17.9. The van der Waals surface area contributed by atoms with Crippen LogP contribution < -0.4 is 0 Å². The van der Waals surface area contributed by atoms with Gasteiger partial charge >= 0.3 is 0 Å². The molecule has 1 aromatic heterocycles. The number of carbonyl (C=O) groups excluding carboxylic acids is 1. The summed E-state index contributed by atoms with van der Waals surface area (Å²) in [5.74, 6) is 0.584. The predicted molar refractivity (Wildman–Crippen MR) is 116 cm³/mol. The molecule has 1 amide bonds. The number of amides is 1. The molecule has 3 aromatic rings. The van der Waals surface area contributed by atoms with Crippen LogP contribution in [0, 0.1) is 32.5 Å². The van der Waals surface area contributed by atoms with Gasteiger partial charge in [-0.25, -0.2) is 9.37 Å². The molecule has 0 N–H and O–H groups in total. The highest BCUT2D eigenvalue weighted by Crippen LogP contribution is 2.31. The first kappa shape index (κ1) is 20.3. The van der Waals surface area contributed by atoms with Crippen molar-refractivity contribution in [2.45, 2.75) is 46.7 Å². The van der Waals surface area contributed by atoms with E-state index in [0.717, 1.165) is 18.7 Å². The van der Waals surface area contributed by atoms with Gasteiger partial charge in [0.15, 0.2) is 0 Å². The Bertz CT molecular complexity index is 1040. The van der Waals surface area contributed by atoms with Crippen LogP contribution in [0.2, 0.25) is 0 Å². The van der Waals surface area contributed by atoms with Gasteiger partial charge in [-0.1, -0.05) is 29.8 Å². The normalized spacial score (nSPS) is 13.5. The van der Waals surface area contributed by atoms with Gasteiger partial charge < -0.3 is 9.47 Å². The molecule has 0 saturated heterocycles. The number of halogens is 1. The molecule has 1 fully saturated rings. The summed E-state index contributed by atoms with van der Waals surface area (Å²) < 4.78 is 16.3. The lowest BCUT2D eigenvalue weighted by atomic mass is 10.00. The average molecular weight is 406 g/mol. The average Bonchev–Trinajstić information content (AvgIpc) is 3.41. The van der Waals surface area contributed by atoms with Gasteiger partial charge in [0, 0.05) is 25.5 Å². The SMILES string of the molecule is Cc1cc(C)c(Cn2ccnc2CN(CC2CC2)C(=O)c2ccccc2F)c(C)c1. The topological polar surface area (TPSA) is 38.1 Å². The van der Waals surface area contributed by atoms with E-state index in [1.54, 1.807) is 29.3 Å². The van der Waals surface area contributed by atoms with Crippen LogP contribution >= 0.6 is 0 Å². The van der Waals surface area contributed by atoms with E-state index in [-0.39, 0.29) is 11.5 Å². The van der Waals surface area contributed by atoms with E-state index in [1.165, 1.54) is 28.3 Å². The second kappa shape index (κ2) is 8.42. The molecule has 0 atom stereocenters. The quantitative estimate of drug-likeness (QED) is 0.552. The first-order valence-electron chi connectivity index (χ1n) is 10.5. The Morgan fingerprint density at radius 2 is 1.87 bits per heavy atom. The number of benzene rings is 2. The molecule has 0 unspecified atom stereocenters. The monoisotopic (exact) mass is 405 g/mol. The smallest absolute Gasteiger partial charge is 0.257 e. The van der Waals surface area contributed by atoms with Crippen molar-refractivity contribution in [2.24, 2.45) is 5.92 Å². The highest BCUT2D eigenvalue weighted by molar-refractivity contribution is 5.94. The summed E-state index contributed by atoms with van der Waals surface area (Å²) in [6.07, 6.45) is 5.97. The lowest BCUT2D eigenvalue weighted by Gasteiger charge is -2.23. The van der Waals surface area contributed by atoms with Gasteiger partial charge in [0.1, 0.15) is 11.6 Å². The van der Waals surface area contributed by atoms with E-state index in [4.69, 9.17) is 0 Å². The maximum Gasteiger partial charge on any atom is 0.257 e. The summed E-state index contributed by atoms with van der Waals surface area (Å²) in [4.78, 5) is 19.4. The van der Waals surface area contributed by atoms with E-state index in [1.807, 2.05) is 6.20 Å². The highest BCUT2D eigenvalue weighted by atomic mass is 19.1. The minimum absolute atomic E-state index is 0.126. The maximum atomic E-state index is 14.3. The number of carbonyl (C=O) groups is 1. The Kier molecular flexibility index (Phi) is 5.71. The molecule has 1 aliphatic rings. The number of hydrogen-bond acceptors (Lipinski definition) is 2. The van der Waals surface area contributed by atoms with Crippen LogP contribution in [0.25, 0.3) is 0 Å². The van der Waals surface area contributed by atoms with Gasteiger partial charge in [-0.3, -0.25) is 4.79 Å². The predicted octanol–water partition coefficient (Wildman–Crippen LogP) is 5.05. The van der Waals surface area contributed by atoms with Crippen molar-refractivity contribution in [2.75, 3.05) is 6.54 Å². The molecular weight excluding hydrogens is 377 g/mol. The number of rotatable bonds is 7. The summed E-state index contributed by atoms with van der Waals surface area (Å²) in [7, 11) is 0. The third kappa shape index (κ3) is 4.45. The molecule has 0 radical (unpaired) electrons. The zero-order chi connectivity index (χ0) is 21.3. The van der Waals surface area contributed by atoms with Crippen LogP contribution in [0.1, 0.15) is 51.3 Å². The molecule has 1 aliphatic carbocycles. The Morgan fingerprint density at radius 3 is 2.53 bits per heavy atom. The Balaban J connectivity index is 1.59. The summed E-state index contributed by atoms with van der Waals surface area (Å²) in [6.45, 7) is 8.10. The minimum Gasteiger partial charge on any atom is -0.331 e. The minimum atomic E-state index is -0.474. The van der Waals surface area contributed by atoms with Crippen molar-refractivity contribution in [1.82, 2.24) is 14.5 Å². The van der Waals surface area contributed by atoms with Gasteiger partial charge in [-0.2, -0.15) is 0 Å². The third-order valence-electron chi connectivity index (χ3n) is 5.87. The van der Waals surface area contributed by atoms with Crippen LogP contribution in [-0.4, -0.2) is 26.9 Å². The van der Waals surface area contributed by atoms with Crippen LogP contribution in [0.3, 0.4) is 0 Å². The summed E-state index contributed by atoms with van der Waals surface area (Å²) in [5, 5.41) is 0. The lowest BCUT2D eigenvalue weighted by molar-refractivity contribution is 0.0724. The third-order valence-corrected chi connectivity index (χ3v) is 5.87. The van der Waals surface area contributed by atoms with Gasteiger partial charge in [-0.05, 0) is 68.4 Å². The number of hydrogen-bond donors (Lipinski definition) is 0. The van der Waals surface area contributed by atoms with Crippen molar-refractivity contribution < 1.29 is 9.18 Å². The van der Waals surface area contributed by atoms with Crippen LogP contribution in [0.4, 0.5) is 4.39 Å². The molecule has 1 saturated carbocycles. The zero-order valence-electron chi connectivity index (χ0n) is 17.9. The fourth-order valence-electron chi connectivity index (χ4n) is 4.07. The standard InChI is InChI=1S/C25H28FN3O/c1-17-12-18(2)22(19(3)13-17)15-28-11-10-27-24(28)16-29(14-20-8-9-20)25(30)21-6-4-5-7-23(21)26/h4-7,10-13,20H,8-9,14-16H2,1-3H3. The Hall–Kier alpha value is -2.95. The van der Waals surface area contributed by atoms with E-state index < -0.39 is 5.82 Å². The Labute approximate surface area is 177 Å². The molecule has 156 valence electrons. The van der Waals surface area contributed by atoms with E-state index in [2.05, 4.69) is 42.5 Å². The molecule has 0 spiro atoms. The van der Waals surface area contributed by atoms with Crippen molar-refractivity contribution in [3.63, 3.8) is 0 Å². The number of imidazole rings is 1. The second-order valence-electron chi connectivity index (χ2n) is 8.46. The second-order valence-corrected chi connectivity index (χ2v) is 8.46. The Morgan fingerprint density at radius 1 is 1.17 bits per heavy atom. The van der Waals surface area contributed by atoms with Crippen LogP contribution in [0.15, 0.2) is 48.8 Å². The van der Waals surface area contributed by atoms with Crippen molar-refractivity contribution >= 4 is 5.91 Å². The van der Waals surface area contributed by atoms with E-state index in [9.17, 15) is 9.18 Å². The van der Waals surface area contributed by atoms with Gasteiger partial charge in [0.25, 0.3) is 5.91 Å². The number of nitrogens with zero attached hydrogens (tertiary/aromatic N) is 3. The molecule has 5 heteroatoms. The highest BCUT2D eigenvalue weighted by Gasteiger charge is 2.29. The van der Waals surface area contributed by atoms with E-state index >= 15 is 0 Å². The molecule has 0 aliphatic heterocycles. The van der Waals surface area contributed by atoms with Crippen molar-refractivity contribution in [1.29, 1.82) is 0 Å². The first-order chi connectivity index (χ1) is 14.4. The summed E-state index contributed by atoms with van der Waals surface area (Å²) in [6, 6.07) is 10.6. The molecule has 0 bridgehead atoms. The first-order valence-corrected chi connectivity index (χ1v) is 10.5. The fourth-order valence-corrected chi connectivity index (χ4v) is 4.07. The lowest BCUT2D eigenvalue weighted by Crippen LogP contribution is -2.34. The molecule has 2 aromatic carbocycles. The molecule has 30 heavy (non-hydrogen) atoms. The van der Waals surface area contributed by atoms with E-state index in [0.29, 0.717) is 25.6 Å². The molecule has 4 nitrogen and oxygen atoms in total. The fraction of sp³-hybridized carbons (Fsp3) is 0.360. The van der Waals surface area contributed by atoms with Gasteiger partial charge in [0.2, 0.25) is 0 Å². The molecular formula is C25H28FN3O.